The van der Waals surface area contributed by atoms with Crippen LogP contribution in [0.3, 0.4) is 0 Å². The van der Waals surface area contributed by atoms with E-state index >= 15 is 0 Å². The van der Waals surface area contributed by atoms with Crippen LogP contribution in [0.25, 0.3) is 11.0 Å². The van der Waals surface area contributed by atoms with Crippen molar-refractivity contribution in [1.82, 2.24) is 14.5 Å². The van der Waals surface area contributed by atoms with E-state index in [0.29, 0.717) is 24.6 Å². The van der Waals surface area contributed by atoms with Crippen molar-refractivity contribution in [1.29, 1.82) is 0 Å². The predicted octanol–water partition coefficient (Wildman–Crippen LogP) is 2.95. The lowest BCUT2D eigenvalue weighted by Crippen LogP contribution is -2.30. The zero-order valence-corrected chi connectivity index (χ0v) is 14.1. The summed E-state index contributed by atoms with van der Waals surface area (Å²) < 4.78 is 2.00. The number of para-hydroxylation sites is 1. The van der Waals surface area contributed by atoms with E-state index in [4.69, 9.17) is 5.73 Å². The van der Waals surface area contributed by atoms with E-state index in [-0.39, 0.29) is 5.91 Å². The molecule has 0 radical (unpaired) electrons. The molecule has 2 N–H and O–H groups in total. The molecule has 0 spiro atoms. The monoisotopic (exact) mass is 322 g/mol. The van der Waals surface area contributed by atoms with Gasteiger partial charge in [-0.25, -0.2) is 4.98 Å². The Morgan fingerprint density at radius 3 is 2.62 bits per heavy atom. The molecule has 1 heterocycles. The maximum Gasteiger partial charge on any atom is 0.253 e. The Labute approximate surface area is 141 Å². The van der Waals surface area contributed by atoms with Gasteiger partial charge < -0.3 is 15.2 Å². The number of nitrogen functional groups attached to an aromatic ring is 1. The Morgan fingerprint density at radius 2 is 1.92 bits per heavy atom. The van der Waals surface area contributed by atoms with Gasteiger partial charge in [0.15, 0.2) is 0 Å². The summed E-state index contributed by atoms with van der Waals surface area (Å²) in [5.41, 5.74) is 9.98. The lowest BCUT2D eigenvalue weighted by molar-refractivity contribution is 0.0791. The number of nitrogens with two attached hydrogens (primary N) is 1. The molecular weight excluding hydrogens is 300 g/mol. The van der Waals surface area contributed by atoms with Gasteiger partial charge in [0, 0.05) is 25.7 Å². The first-order chi connectivity index (χ1) is 11.6. The van der Waals surface area contributed by atoms with Crippen LogP contribution in [-0.2, 0) is 13.0 Å². The lowest BCUT2D eigenvalue weighted by atomic mass is 10.1. The van der Waals surface area contributed by atoms with Crippen LogP contribution in [0.1, 0.15) is 22.8 Å². The van der Waals surface area contributed by atoms with E-state index in [9.17, 15) is 4.79 Å². The summed E-state index contributed by atoms with van der Waals surface area (Å²) in [5.74, 6) is 0.501. The van der Waals surface area contributed by atoms with Gasteiger partial charge in [-0.15, -0.1) is 0 Å². The van der Waals surface area contributed by atoms with E-state index in [1.54, 1.807) is 4.90 Å². The van der Waals surface area contributed by atoms with Crippen molar-refractivity contribution in [3.63, 3.8) is 0 Å². The number of likely N-dealkylation sites (N-methyl/N-ethyl adjacent to an activating group) is 1. The number of benzene rings is 2. The zero-order valence-electron chi connectivity index (χ0n) is 14.1. The smallest absolute Gasteiger partial charge is 0.253 e. The minimum absolute atomic E-state index is 0.00862. The van der Waals surface area contributed by atoms with Crippen LogP contribution in [0.15, 0.2) is 48.5 Å². The van der Waals surface area contributed by atoms with E-state index in [1.807, 2.05) is 54.1 Å². The molecule has 0 aliphatic carbocycles. The topological polar surface area (TPSA) is 64.2 Å². The Morgan fingerprint density at radius 1 is 1.17 bits per heavy atom. The summed E-state index contributed by atoms with van der Waals surface area (Å²) in [6, 6.07) is 15.4. The largest absolute Gasteiger partial charge is 0.369 e. The number of hydrogen-bond donors (Lipinski definition) is 1. The highest BCUT2D eigenvalue weighted by Crippen LogP contribution is 2.22. The van der Waals surface area contributed by atoms with Crippen molar-refractivity contribution in [2.24, 2.45) is 0 Å². The average Bonchev–Trinajstić information content (AvgIpc) is 2.94. The second-order valence-electron chi connectivity index (χ2n) is 5.85. The summed E-state index contributed by atoms with van der Waals surface area (Å²) in [4.78, 5) is 18.6. The van der Waals surface area contributed by atoms with Gasteiger partial charge >= 0.3 is 0 Å². The van der Waals surface area contributed by atoms with Gasteiger partial charge in [0.2, 0.25) is 5.95 Å². The van der Waals surface area contributed by atoms with Crippen molar-refractivity contribution in [3.8, 4) is 0 Å². The molecule has 124 valence electrons. The Kier molecular flexibility index (Phi) is 4.51. The van der Waals surface area contributed by atoms with E-state index in [0.717, 1.165) is 17.5 Å². The molecule has 0 aliphatic rings. The highest BCUT2D eigenvalue weighted by Gasteiger charge is 2.14. The fourth-order valence-corrected chi connectivity index (χ4v) is 2.94. The van der Waals surface area contributed by atoms with Gasteiger partial charge in [-0.1, -0.05) is 37.3 Å². The molecule has 5 heteroatoms. The first-order valence-electron chi connectivity index (χ1n) is 8.16. The number of aromatic nitrogens is 2. The van der Waals surface area contributed by atoms with Crippen LogP contribution < -0.4 is 5.73 Å². The van der Waals surface area contributed by atoms with Gasteiger partial charge in [0.1, 0.15) is 0 Å². The van der Waals surface area contributed by atoms with Crippen molar-refractivity contribution in [2.75, 3.05) is 19.3 Å². The highest BCUT2D eigenvalue weighted by atomic mass is 16.2. The Bertz CT molecular complexity index is 854. The Hall–Kier alpha value is -2.82. The maximum atomic E-state index is 12.4. The molecule has 5 nitrogen and oxygen atoms in total. The standard InChI is InChI=1S/C19H22N4O/c1-3-14-10-7-11-16-17(14)23(19(20)21-16)13-12-22(2)18(24)15-8-5-4-6-9-15/h4-11H,3,12-13H2,1-2H3,(H2,20,21). The first-order valence-corrected chi connectivity index (χ1v) is 8.16. The third-order valence-electron chi connectivity index (χ3n) is 4.29. The SMILES string of the molecule is CCc1cccc2nc(N)n(CCN(C)C(=O)c3ccccc3)c12. The molecule has 0 atom stereocenters. The Balaban J connectivity index is 1.81. The van der Waals surface area contributed by atoms with Crippen molar-refractivity contribution < 1.29 is 4.79 Å². The van der Waals surface area contributed by atoms with Gasteiger partial charge in [0.25, 0.3) is 5.91 Å². The summed E-state index contributed by atoms with van der Waals surface area (Å²) in [6.07, 6.45) is 0.918. The van der Waals surface area contributed by atoms with Crippen LogP contribution in [0.4, 0.5) is 5.95 Å². The minimum atomic E-state index is 0.00862. The lowest BCUT2D eigenvalue weighted by Gasteiger charge is -2.18. The summed E-state index contributed by atoms with van der Waals surface area (Å²) in [7, 11) is 1.81. The molecule has 24 heavy (non-hydrogen) atoms. The number of imidazole rings is 1. The van der Waals surface area contributed by atoms with E-state index in [1.165, 1.54) is 5.56 Å². The molecule has 0 aliphatic heterocycles. The van der Waals surface area contributed by atoms with Crippen LogP contribution >= 0.6 is 0 Å². The average molecular weight is 322 g/mol. The third-order valence-corrected chi connectivity index (χ3v) is 4.29. The van der Waals surface area contributed by atoms with Gasteiger partial charge in [-0.3, -0.25) is 4.79 Å². The van der Waals surface area contributed by atoms with Gasteiger partial charge in [-0.2, -0.15) is 0 Å². The number of amides is 1. The molecule has 0 bridgehead atoms. The van der Waals surface area contributed by atoms with Crippen molar-refractivity contribution in [2.45, 2.75) is 19.9 Å². The zero-order chi connectivity index (χ0) is 17.1. The normalized spacial score (nSPS) is 10.9. The van der Waals surface area contributed by atoms with Crippen LogP contribution in [0, 0.1) is 0 Å². The molecule has 0 saturated carbocycles. The fourth-order valence-electron chi connectivity index (χ4n) is 2.94. The van der Waals surface area contributed by atoms with Crippen molar-refractivity contribution >= 4 is 22.9 Å². The first kappa shape index (κ1) is 16.1. The van der Waals surface area contributed by atoms with E-state index < -0.39 is 0 Å². The number of hydrogen-bond acceptors (Lipinski definition) is 3. The molecule has 0 unspecified atom stereocenters. The number of nitrogens with zero attached hydrogens (tertiary/aromatic N) is 3. The molecule has 1 amide bonds. The summed E-state index contributed by atoms with van der Waals surface area (Å²) in [6.45, 7) is 3.31. The second kappa shape index (κ2) is 6.74. The van der Waals surface area contributed by atoms with Crippen molar-refractivity contribution in [3.05, 3.63) is 59.7 Å². The number of carbonyl (C=O) groups is 1. The maximum absolute atomic E-state index is 12.4. The molecule has 2 aromatic carbocycles. The molecule has 0 saturated heterocycles. The van der Waals surface area contributed by atoms with Crippen LogP contribution in [-0.4, -0.2) is 34.0 Å². The van der Waals surface area contributed by atoms with Gasteiger partial charge in [0.05, 0.1) is 11.0 Å². The quantitative estimate of drug-likeness (QED) is 0.785. The molecule has 3 rings (SSSR count). The van der Waals surface area contributed by atoms with E-state index in [2.05, 4.69) is 18.0 Å². The molecular formula is C19H22N4O. The van der Waals surface area contributed by atoms with Crippen LogP contribution in [0.2, 0.25) is 0 Å². The molecule has 0 fully saturated rings. The molecule has 1 aromatic heterocycles. The number of aryl methyl sites for hydroxylation is 1. The summed E-state index contributed by atoms with van der Waals surface area (Å²) in [5, 5.41) is 0. The predicted molar refractivity (Wildman–Crippen MR) is 96.9 cm³/mol. The third kappa shape index (κ3) is 2.97. The highest BCUT2D eigenvalue weighted by molar-refractivity contribution is 5.94. The fraction of sp³-hybridized carbons (Fsp3) is 0.263. The number of anilines is 1. The van der Waals surface area contributed by atoms with Crippen LogP contribution in [0.5, 0.6) is 0 Å². The number of rotatable bonds is 5. The summed E-state index contributed by atoms with van der Waals surface area (Å²) >= 11 is 0. The second-order valence-corrected chi connectivity index (χ2v) is 5.85. The molecule has 3 aromatic rings. The number of carbonyl (C=O) groups excluding carboxylic acids is 1. The minimum Gasteiger partial charge on any atom is -0.369 e. The van der Waals surface area contributed by atoms with Gasteiger partial charge in [-0.05, 0) is 30.2 Å². The number of fused-ring (bicyclic) bond motifs is 1.